The molecule has 3 nitrogen and oxygen atoms in total. The first kappa shape index (κ1) is 15.9. The maximum atomic E-state index is 5.94. The van der Waals surface area contributed by atoms with Crippen molar-refractivity contribution in [2.24, 2.45) is 11.8 Å². The smallest absolute Gasteiger partial charge is 0.0622 e. The topological polar surface area (TPSA) is 30.5 Å². The largest absolute Gasteiger partial charge is 0.381 e. The Morgan fingerprint density at radius 3 is 2.61 bits per heavy atom. The molecule has 0 amide bonds. The maximum Gasteiger partial charge on any atom is 0.0622 e. The van der Waals surface area contributed by atoms with Gasteiger partial charge < -0.3 is 14.8 Å². The molecule has 0 aromatic carbocycles. The second-order valence-corrected chi connectivity index (χ2v) is 5.54. The van der Waals surface area contributed by atoms with Gasteiger partial charge in [0.15, 0.2) is 0 Å². The Hall–Kier alpha value is -0.120. The molecular formula is C15H31NO2. The third-order valence-corrected chi connectivity index (χ3v) is 3.98. The highest BCUT2D eigenvalue weighted by atomic mass is 16.5. The Bertz CT molecular complexity index is 193. The zero-order valence-electron chi connectivity index (χ0n) is 12.4. The quantitative estimate of drug-likeness (QED) is 0.689. The summed E-state index contributed by atoms with van der Waals surface area (Å²) < 4.78 is 11.3. The van der Waals surface area contributed by atoms with Gasteiger partial charge >= 0.3 is 0 Å². The van der Waals surface area contributed by atoms with Gasteiger partial charge in [0.05, 0.1) is 6.61 Å². The molecule has 1 heterocycles. The average Bonchev–Trinajstić information content (AvgIpc) is 2.43. The van der Waals surface area contributed by atoms with Gasteiger partial charge in [-0.1, -0.05) is 27.2 Å². The summed E-state index contributed by atoms with van der Waals surface area (Å²) in [5.74, 6) is 1.40. The summed E-state index contributed by atoms with van der Waals surface area (Å²) in [4.78, 5) is 0. The monoisotopic (exact) mass is 257 g/mol. The van der Waals surface area contributed by atoms with Crippen molar-refractivity contribution in [3.63, 3.8) is 0 Å². The van der Waals surface area contributed by atoms with E-state index in [1.54, 1.807) is 0 Å². The van der Waals surface area contributed by atoms with E-state index in [-0.39, 0.29) is 0 Å². The van der Waals surface area contributed by atoms with Gasteiger partial charge in [-0.2, -0.15) is 0 Å². The van der Waals surface area contributed by atoms with E-state index >= 15 is 0 Å². The summed E-state index contributed by atoms with van der Waals surface area (Å²) in [6, 6.07) is 0.509. The van der Waals surface area contributed by atoms with E-state index in [2.05, 4.69) is 26.1 Å². The lowest BCUT2D eigenvalue weighted by Gasteiger charge is -2.26. The van der Waals surface area contributed by atoms with Crippen LogP contribution in [0.5, 0.6) is 0 Å². The highest BCUT2D eigenvalue weighted by Gasteiger charge is 2.17. The van der Waals surface area contributed by atoms with Gasteiger partial charge in [-0.3, -0.25) is 0 Å². The minimum atomic E-state index is 0.509. The van der Waals surface area contributed by atoms with Gasteiger partial charge in [-0.15, -0.1) is 0 Å². The first-order chi connectivity index (χ1) is 8.77. The highest BCUT2D eigenvalue weighted by Crippen LogP contribution is 2.15. The third kappa shape index (κ3) is 6.17. The molecule has 1 fully saturated rings. The van der Waals surface area contributed by atoms with Crippen LogP contribution in [-0.2, 0) is 9.47 Å². The molecule has 1 aliphatic heterocycles. The van der Waals surface area contributed by atoms with Crippen molar-refractivity contribution < 1.29 is 9.47 Å². The lowest BCUT2D eigenvalue weighted by atomic mass is 9.99. The Labute approximate surface area is 113 Å². The fourth-order valence-electron chi connectivity index (χ4n) is 2.31. The number of hydrogen-bond acceptors (Lipinski definition) is 3. The molecule has 1 rings (SSSR count). The summed E-state index contributed by atoms with van der Waals surface area (Å²) in [7, 11) is 0. The number of hydrogen-bond donors (Lipinski definition) is 1. The number of rotatable bonds is 9. The lowest BCUT2D eigenvalue weighted by Crippen LogP contribution is -2.39. The van der Waals surface area contributed by atoms with Gasteiger partial charge in [0.25, 0.3) is 0 Å². The molecule has 0 bridgehead atoms. The van der Waals surface area contributed by atoms with Crippen molar-refractivity contribution in [1.82, 2.24) is 5.32 Å². The summed E-state index contributed by atoms with van der Waals surface area (Å²) in [6.45, 7) is 11.5. The van der Waals surface area contributed by atoms with Crippen LogP contribution in [0, 0.1) is 11.8 Å². The maximum absolute atomic E-state index is 5.94. The molecule has 0 aromatic rings. The van der Waals surface area contributed by atoms with Crippen molar-refractivity contribution in [2.75, 3.05) is 33.0 Å². The molecule has 0 aliphatic carbocycles. The van der Waals surface area contributed by atoms with E-state index in [4.69, 9.17) is 9.47 Å². The van der Waals surface area contributed by atoms with Crippen LogP contribution in [0.25, 0.3) is 0 Å². The lowest BCUT2D eigenvalue weighted by molar-refractivity contribution is 0.0114. The molecular weight excluding hydrogens is 226 g/mol. The third-order valence-electron chi connectivity index (χ3n) is 3.98. The molecule has 1 saturated heterocycles. The van der Waals surface area contributed by atoms with Crippen LogP contribution in [0.2, 0.25) is 0 Å². The zero-order valence-corrected chi connectivity index (χ0v) is 12.4. The second-order valence-electron chi connectivity index (χ2n) is 5.54. The molecule has 2 atom stereocenters. The van der Waals surface area contributed by atoms with Crippen LogP contribution in [0.1, 0.15) is 46.5 Å². The van der Waals surface area contributed by atoms with Gasteiger partial charge in [0.2, 0.25) is 0 Å². The number of ether oxygens (including phenoxy) is 2. The molecule has 0 spiro atoms. The molecule has 0 aromatic heterocycles. The SMILES string of the molecule is CCCNC(COCC1CCOCC1)C(C)CC. The second kappa shape index (κ2) is 9.76. The van der Waals surface area contributed by atoms with E-state index in [1.807, 2.05) is 0 Å². The molecule has 18 heavy (non-hydrogen) atoms. The summed E-state index contributed by atoms with van der Waals surface area (Å²) in [5.41, 5.74) is 0. The predicted octanol–water partition coefficient (Wildman–Crippen LogP) is 2.84. The van der Waals surface area contributed by atoms with Crippen LogP contribution in [0.4, 0.5) is 0 Å². The van der Waals surface area contributed by atoms with E-state index < -0.39 is 0 Å². The van der Waals surface area contributed by atoms with Crippen molar-refractivity contribution in [1.29, 1.82) is 0 Å². The van der Waals surface area contributed by atoms with Gasteiger partial charge in [0.1, 0.15) is 0 Å². The summed E-state index contributed by atoms with van der Waals surface area (Å²) in [5, 5.41) is 3.61. The molecule has 108 valence electrons. The molecule has 2 unspecified atom stereocenters. The van der Waals surface area contributed by atoms with Crippen LogP contribution >= 0.6 is 0 Å². The Balaban J connectivity index is 2.18. The van der Waals surface area contributed by atoms with Gasteiger partial charge in [-0.05, 0) is 37.6 Å². The zero-order chi connectivity index (χ0) is 13.2. The molecule has 0 saturated carbocycles. The van der Waals surface area contributed by atoms with E-state index in [9.17, 15) is 0 Å². The molecule has 3 heteroatoms. The van der Waals surface area contributed by atoms with Crippen molar-refractivity contribution >= 4 is 0 Å². The minimum Gasteiger partial charge on any atom is -0.381 e. The Morgan fingerprint density at radius 2 is 2.00 bits per heavy atom. The molecule has 1 N–H and O–H groups in total. The highest BCUT2D eigenvalue weighted by molar-refractivity contribution is 4.72. The average molecular weight is 257 g/mol. The van der Waals surface area contributed by atoms with E-state index in [0.29, 0.717) is 17.9 Å². The standard InChI is InChI=1S/C15H31NO2/c1-4-8-16-15(13(3)5-2)12-18-11-14-6-9-17-10-7-14/h13-16H,4-12H2,1-3H3. The van der Waals surface area contributed by atoms with Crippen molar-refractivity contribution in [3.05, 3.63) is 0 Å². The fourth-order valence-corrected chi connectivity index (χ4v) is 2.31. The summed E-state index contributed by atoms with van der Waals surface area (Å²) in [6.07, 6.45) is 4.72. The van der Waals surface area contributed by atoms with E-state index in [1.165, 1.54) is 12.8 Å². The summed E-state index contributed by atoms with van der Waals surface area (Å²) >= 11 is 0. The van der Waals surface area contributed by atoms with Gasteiger partial charge in [-0.25, -0.2) is 0 Å². The fraction of sp³-hybridized carbons (Fsp3) is 1.00. The Morgan fingerprint density at radius 1 is 1.28 bits per heavy atom. The number of nitrogens with one attached hydrogen (secondary N) is 1. The van der Waals surface area contributed by atoms with Crippen LogP contribution in [-0.4, -0.2) is 39.0 Å². The Kier molecular flexibility index (Phi) is 8.64. The predicted molar refractivity (Wildman–Crippen MR) is 75.9 cm³/mol. The van der Waals surface area contributed by atoms with Crippen LogP contribution < -0.4 is 5.32 Å². The van der Waals surface area contributed by atoms with Gasteiger partial charge in [0, 0.05) is 25.9 Å². The minimum absolute atomic E-state index is 0.509. The first-order valence-corrected chi connectivity index (χ1v) is 7.66. The van der Waals surface area contributed by atoms with Crippen LogP contribution in [0.15, 0.2) is 0 Å². The van der Waals surface area contributed by atoms with Crippen molar-refractivity contribution in [3.8, 4) is 0 Å². The first-order valence-electron chi connectivity index (χ1n) is 7.66. The molecule has 1 aliphatic rings. The van der Waals surface area contributed by atoms with E-state index in [0.717, 1.165) is 45.8 Å². The normalized spacial score (nSPS) is 20.8. The van der Waals surface area contributed by atoms with Crippen LogP contribution in [0.3, 0.4) is 0 Å². The van der Waals surface area contributed by atoms with Crippen molar-refractivity contribution in [2.45, 2.75) is 52.5 Å². The molecule has 0 radical (unpaired) electrons.